The lowest BCUT2D eigenvalue weighted by Gasteiger charge is -2.16. The lowest BCUT2D eigenvalue weighted by molar-refractivity contribution is 0.321. The minimum absolute atomic E-state index is 0.0472. The van der Waals surface area contributed by atoms with Crippen LogP contribution in [-0.4, -0.2) is 44.3 Å². The molecular formula is C24H31N5O. The van der Waals surface area contributed by atoms with E-state index in [0.717, 1.165) is 56.8 Å². The van der Waals surface area contributed by atoms with Crippen molar-refractivity contribution in [3.05, 3.63) is 58.3 Å². The summed E-state index contributed by atoms with van der Waals surface area (Å²) in [7, 11) is 0. The summed E-state index contributed by atoms with van der Waals surface area (Å²) in [6, 6.07) is 11.1. The topological polar surface area (TPSA) is 66.8 Å². The van der Waals surface area contributed by atoms with Crippen molar-refractivity contribution < 1.29 is 0 Å². The van der Waals surface area contributed by atoms with Gasteiger partial charge in [0.15, 0.2) is 5.65 Å². The van der Waals surface area contributed by atoms with Crippen LogP contribution in [0.25, 0.3) is 11.0 Å². The average molecular weight is 406 g/mol. The van der Waals surface area contributed by atoms with Crippen molar-refractivity contribution in [3.63, 3.8) is 0 Å². The summed E-state index contributed by atoms with van der Waals surface area (Å²) in [6.07, 6.45) is 8.70. The Kier molecular flexibility index (Phi) is 5.42. The van der Waals surface area contributed by atoms with E-state index in [9.17, 15) is 4.79 Å². The Balaban J connectivity index is 1.31. The molecule has 3 heterocycles. The van der Waals surface area contributed by atoms with Crippen molar-refractivity contribution in [2.75, 3.05) is 19.6 Å². The Hall–Kier alpha value is -2.47. The summed E-state index contributed by atoms with van der Waals surface area (Å²) in [5.74, 6) is 1.58. The van der Waals surface area contributed by atoms with E-state index >= 15 is 0 Å². The number of benzene rings is 1. The number of likely N-dealkylation sites (tertiary alicyclic amines) is 1. The normalized spacial score (nSPS) is 23.0. The molecule has 158 valence electrons. The van der Waals surface area contributed by atoms with E-state index in [1.165, 1.54) is 18.4 Å². The number of aromatic amines is 1. The predicted octanol–water partition coefficient (Wildman–Crippen LogP) is 3.90. The summed E-state index contributed by atoms with van der Waals surface area (Å²) >= 11 is 0. The molecule has 6 nitrogen and oxygen atoms in total. The zero-order valence-corrected chi connectivity index (χ0v) is 17.8. The Bertz CT molecular complexity index is 1050. The highest BCUT2D eigenvalue weighted by molar-refractivity contribution is 5.73. The van der Waals surface area contributed by atoms with Gasteiger partial charge in [-0.2, -0.15) is 5.10 Å². The SMILES string of the molecule is C[C@@H]1CN(CCCc2ccccc2)C[C@H]1c1nc2c(cnn2C2CCCC2)c(=O)[nH]1. The highest BCUT2D eigenvalue weighted by Gasteiger charge is 2.33. The minimum atomic E-state index is -0.0472. The van der Waals surface area contributed by atoms with Crippen molar-refractivity contribution in [3.8, 4) is 0 Å². The van der Waals surface area contributed by atoms with Crippen LogP contribution < -0.4 is 5.56 Å². The quantitative estimate of drug-likeness (QED) is 0.675. The van der Waals surface area contributed by atoms with Crippen LogP contribution in [0.3, 0.4) is 0 Å². The van der Waals surface area contributed by atoms with E-state index in [-0.39, 0.29) is 11.5 Å². The van der Waals surface area contributed by atoms with Gasteiger partial charge in [-0.25, -0.2) is 9.67 Å². The number of aryl methyl sites for hydroxylation is 1. The molecule has 1 aliphatic heterocycles. The van der Waals surface area contributed by atoms with Gasteiger partial charge < -0.3 is 9.88 Å². The third-order valence-corrected chi connectivity index (χ3v) is 6.97. The predicted molar refractivity (Wildman–Crippen MR) is 119 cm³/mol. The number of fused-ring (bicyclic) bond motifs is 1. The lowest BCUT2D eigenvalue weighted by Crippen LogP contribution is -2.23. The van der Waals surface area contributed by atoms with Crippen molar-refractivity contribution in [2.24, 2.45) is 5.92 Å². The zero-order valence-electron chi connectivity index (χ0n) is 17.8. The van der Waals surface area contributed by atoms with Gasteiger partial charge in [0.05, 0.1) is 12.2 Å². The third kappa shape index (κ3) is 3.81. The number of nitrogens with zero attached hydrogens (tertiary/aromatic N) is 4. The van der Waals surface area contributed by atoms with Crippen molar-refractivity contribution in [1.82, 2.24) is 24.6 Å². The van der Waals surface area contributed by atoms with Crippen LogP contribution in [0.4, 0.5) is 0 Å². The first-order valence-electron chi connectivity index (χ1n) is 11.4. The molecular weight excluding hydrogens is 374 g/mol. The summed E-state index contributed by atoms with van der Waals surface area (Å²) in [5.41, 5.74) is 2.13. The van der Waals surface area contributed by atoms with Gasteiger partial charge in [-0.15, -0.1) is 0 Å². The van der Waals surface area contributed by atoms with E-state index in [1.807, 2.05) is 4.68 Å². The molecule has 2 aromatic heterocycles. The molecule has 1 aliphatic carbocycles. The van der Waals surface area contributed by atoms with Crippen LogP contribution in [0.15, 0.2) is 41.3 Å². The molecule has 2 atom stereocenters. The maximum atomic E-state index is 12.7. The van der Waals surface area contributed by atoms with Gasteiger partial charge in [0.25, 0.3) is 5.56 Å². The van der Waals surface area contributed by atoms with Crippen molar-refractivity contribution in [1.29, 1.82) is 0 Å². The summed E-state index contributed by atoms with van der Waals surface area (Å²) in [5, 5.41) is 5.15. The lowest BCUT2D eigenvalue weighted by atomic mass is 9.97. The van der Waals surface area contributed by atoms with Gasteiger partial charge >= 0.3 is 0 Å². The molecule has 6 heteroatoms. The second-order valence-corrected chi connectivity index (χ2v) is 9.15. The number of hydrogen-bond donors (Lipinski definition) is 1. The number of H-pyrrole nitrogens is 1. The van der Waals surface area contributed by atoms with E-state index in [2.05, 4.69) is 52.2 Å². The van der Waals surface area contributed by atoms with Crippen LogP contribution >= 0.6 is 0 Å². The standard InChI is InChI=1S/C24H31N5O/c1-17-15-28(13-7-10-18-8-3-2-4-9-18)16-21(17)22-26-23-20(24(30)27-22)14-25-29(23)19-11-5-6-12-19/h2-4,8-9,14,17,19,21H,5-7,10-13,15-16H2,1H3,(H,26,27,30)/t17-,21-/m1/s1. The monoisotopic (exact) mass is 405 g/mol. The number of rotatable bonds is 6. The molecule has 1 saturated heterocycles. The van der Waals surface area contributed by atoms with E-state index in [0.29, 0.717) is 17.3 Å². The van der Waals surface area contributed by atoms with E-state index in [4.69, 9.17) is 4.98 Å². The van der Waals surface area contributed by atoms with Crippen LogP contribution in [0.5, 0.6) is 0 Å². The second kappa shape index (κ2) is 8.34. The molecule has 0 unspecified atom stereocenters. The van der Waals surface area contributed by atoms with Gasteiger partial charge in [0.2, 0.25) is 0 Å². The molecule has 0 bridgehead atoms. The van der Waals surface area contributed by atoms with Crippen LogP contribution in [0, 0.1) is 5.92 Å². The van der Waals surface area contributed by atoms with Gasteiger partial charge in [0.1, 0.15) is 11.2 Å². The maximum absolute atomic E-state index is 12.7. The molecule has 5 rings (SSSR count). The molecule has 1 aromatic carbocycles. The van der Waals surface area contributed by atoms with Crippen LogP contribution in [0.1, 0.15) is 62.4 Å². The minimum Gasteiger partial charge on any atom is -0.310 e. The Morgan fingerprint density at radius 3 is 2.73 bits per heavy atom. The average Bonchev–Trinajstić information content (AvgIpc) is 3.48. The highest BCUT2D eigenvalue weighted by atomic mass is 16.1. The van der Waals surface area contributed by atoms with Crippen molar-refractivity contribution >= 4 is 11.0 Å². The Morgan fingerprint density at radius 2 is 1.93 bits per heavy atom. The van der Waals surface area contributed by atoms with Gasteiger partial charge in [-0.1, -0.05) is 50.1 Å². The van der Waals surface area contributed by atoms with E-state index < -0.39 is 0 Å². The molecule has 2 fully saturated rings. The first-order valence-corrected chi connectivity index (χ1v) is 11.4. The first kappa shape index (κ1) is 19.5. The molecule has 0 amide bonds. The second-order valence-electron chi connectivity index (χ2n) is 9.15. The fourth-order valence-corrected chi connectivity index (χ4v) is 5.30. The van der Waals surface area contributed by atoms with Gasteiger partial charge in [-0.3, -0.25) is 4.79 Å². The molecule has 1 N–H and O–H groups in total. The smallest absolute Gasteiger partial charge is 0.262 e. The molecule has 0 radical (unpaired) electrons. The van der Waals surface area contributed by atoms with Crippen LogP contribution in [-0.2, 0) is 6.42 Å². The van der Waals surface area contributed by atoms with E-state index in [1.54, 1.807) is 6.20 Å². The first-order chi connectivity index (χ1) is 14.7. The zero-order chi connectivity index (χ0) is 20.5. The van der Waals surface area contributed by atoms with Crippen LogP contribution in [0.2, 0.25) is 0 Å². The summed E-state index contributed by atoms with van der Waals surface area (Å²) in [4.78, 5) is 23.3. The molecule has 1 saturated carbocycles. The Morgan fingerprint density at radius 1 is 1.13 bits per heavy atom. The molecule has 3 aromatic rings. The largest absolute Gasteiger partial charge is 0.310 e. The van der Waals surface area contributed by atoms with Gasteiger partial charge in [0, 0.05) is 19.0 Å². The molecule has 2 aliphatic rings. The van der Waals surface area contributed by atoms with Crippen molar-refractivity contribution in [2.45, 2.75) is 57.4 Å². The highest BCUT2D eigenvalue weighted by Crippen LogP contribution is 2.33. The van der Waals surface area contributed by atoms with Gasteiger partial charge in [-0.05, 0) is 43.7 Å². The number of hydrogen-bond acceptors (Lipinski definition) is 4. The number of nitrogens with one attached hydrogen (secondary N) is 1. The fraction of sp³-hybridized carbons (Fsp3) is 0.542. The summed E-state index contributed by atoms with van der Waals surface area (Å²) < 4.78 is 2.01. The molecule has 30 heavy (non-hydrogen) atoms. The maximum Gasteiger partial charge on any atom is 0.262 e. The fourth-order valence-electron chi connectivity index (χ4n) is 5.30. The summed E-state index contributed by atoms with van der Waals surface area (Å²) in [6.45, 7) is 5.38. The Labute approximate surface area is 177 Å². The number of aromatic nitrogens is 4. The molecule has 0 spiro atoms. The third-order valence-electron chi connectivity index (χ3n) is 6.97.